The first-order chi connectivity index (χ1) is 8.58. The lowest BCUT2D eigenvalue weighted by molar-refractivity contribution is -0.129. The Morgan fingerprint density at radius 2 is 2.33 bits per heavy atom. The zero-order valence-corrected chi connectivity index (χ0v) is 11.6. The second-order valence-corrected chi connectivity index (χ2v) is 4.96. The third-order valence-corrected chi connectivity index (χ3v) is 3.17. The van der Waals surface area contributed by atoms with Gasteiger partial charge < -0.3 is 15.0 Å². The number of unbranched alkanes of at least 4 members (excludes halogenated alkanes) is 1. The molecule has 0 saturated carbocycles. The minimum atomic E-state index is -0.200. The molecule has 0 aromatic carbocycles. The molecule has 5 heteroatoms. The summed E-state index contributed by atoms with van der Waals surface area (Å²) in [5, 5.41) is 2.88. The van der Waals surface area contributed by atoms with Crippen molar-refractivity contribution in [3.05, 3.63) is 0 Å². The lowest BCUT2D eigenvalue weighted by Gasteiger charge is -2.17. The summed E-state index contributed by atoms with van der Waals surface area (Å²) in [6.07, 6.45) is 2.40. The van der Waals surface area contributed by atoms with E-state index in [4.69, 9.17) is 4.74 Å². The third kappa shape index (κ3) is 4.29. The zero-order chi connectivity index (χ0) is 13.5. The van der Waals surface area contributed by atoms with Crippen molar-refractivity contribution in [1.29, 1.82) is 0 Å². The van der Waals surface area contributed by atoms with Gasteiger partial charge in [-0.15, -0.1) is 0 Å². The number of rotatable bonds is 7. The highest BCUT2D eigenvalue weighted by molar-refractivity contribution is 5.89. The number of hydrogen-bond acceptors (Lipinski definition) is 3. The van der Waals surface area contributed by atoms with Crippen molar-refractivity contribution in [2.75, 3.05) is 26.8 Å². The van der Waals surface area contributed by atoms with Crippen LogP contribution < -0.4 is 5.32 Å². The Balaban J connectivity index is 2.39. The van der Waals surface area contributed by atoms with Gasteiger partial charge in [-0.05, 0) is 13.3 Å². The normalized spacial score (nSPS) is 21.2. The predicted molar refractivity (Wildman–Crippen MR) is 69.1 cm³/mol. The highest BCUT2D eigenvalue weighted by Crippen LogP contribution is 2.18. The minimum Gasteiger partial charge on any atom is -0.383 e. The summed E-state index contributed by atoms with van der Waals surface area (Å²) >= 11 is 0. The van der Waals surface area contributed by atoms with Gasteiger partial charge in [0.2, 0.25) is 11.8 Å². The van der Waals surface area contributed by atoms with Crippen LogP contribution in [-0.4, -0.2) is 49.6 Å². The van der Waals surface area contributed by atoms with Crippen molar-refractivity contribution >= 4 is 11.8 Å². The van der Waals surface area contributed by atoms with E-state index >= 15 is 0 Å². The summed E-state index contributed by atoms with van der Waals surface area (Å²) < 4.78 is 4.97. The molecule has 0 aromatic rings. The number of ether oxygens (including phenoxy) is 1. The quantitative estimate of drug-likeness (QED) is 0.732. The van der Waals surface area contributed by atoms with Crippen molar-refractivity contribution in [2.45, 2.75) is 39.2 Å². The fourth-order valence-electron chi connectivity index (χ4n) is 2.17. The first kappa shape index (κ1) is 15.0. The minimum absolute atomic E-state index is 0.0118. The lowest BCUT2D eigenvalue weighted by atomic mass is 10.1. The van der Waals surface area contributed by atoms with Gasteiger partial charge in [0.1, 0.15) is 0 Å². The molecule has 1 rings (SSSR count). The van der Waals surface area contributed by atoms with Crippen LogP contribution >= 0.6 is 0 Å². The van der Waals surface area contributed by atoms with Crippen LogP contribution in [0.2, 0.25) is 0 Å². The Morgan fingerprint density at radius 1 is 1.61 bits per heavy atom. The van der Waals surface area contributed by atoms with Crippen molar-refractivity contribution in [3.63, 3.8) is 0 Å². The number of carbonyl (C=O) groups is 2. The average Bonchev–Trinajstić information content (AvgIpc) is 2.68. The molecular weight excluding hydrogens is 232 g/mol. The van der Waals surface area contributed by atoms with Crippen LogP contribution in [0.1, 0.15) is 33.1 Å². The van der Waals surface area contributed by atoms with E-state index in [2.05, 4.69) is 12.2 Å². The van der Waals surface area contributed by atoms with Gasteiger partial charge in [-0.1, -0.05) is 13.3 Å². The molecule has 1 heterocycles. The summed E-state index contributed by atoms with van der Waals surface area (Å²) in [5.41, 5.74) is 0. The standard InChI is InChI=1S/C13H24N2O3/c1-4-5-6-15-8-11(7-12(15)16)13(17)14-10(2)9-18-3/h10-11H,4-9H2,1-3H3,(H,14,17)/t10-,11-/m1/s1. The van der Waals surface area contributed by atoms with E-state index in [-0.39, 0.29) is 23.8 Å². The number of methoxy groups -OCH3 is 1. The Kier molecular flexibility index (Phi) is 6.12. The molecule has 0 spiro atoms. The van der Waals surface area contributed by atoms with Crippen LogP contribution in [0.15, 0.2) is 0 Å². The number of nitrogens with one attached hydrogen (secondary N) is 1. The average molecular weight is 256 g/mol. The molecule has 2 atom stereocenters. The summed E-state index contributed by atoms with van der Waals surface area (Å²) in [7, 11) is 1.61. The fraction of sp³-hybridized carbons (Fsp3) is 0.846. The van der Waals surface area contributed by atoms with E-state index in [0.717, 1.165) is 19.4 Å². The molecule has 5 nitrogen and oxygen atoms in total. The van der Waals surface area contributed by atoms with E-state index in [9.17, 15) is 9.59 Å². The number of hydrogen-bond donors (Lipinski definition) is 1. The van der Waals surface area contributed by atoms with E-state index in [0.29, 0.717) is 19.6 Å². The highest BCUT2D eigenvalue weighted by atomic mass is 16.5. The molecule has 0 unspecified atom stereocenters. The van der Waals surface area contributed by atoms with Crippen LogP contribution in [0, 0.1) is 5.92 Å². The molecule has 0 aromatic heterocycles. The molecule has 1 aliphatic heterocycles. The van der Waals surface area contributed by atoms with Crippen LogP contribution in [0.5, 0.6) is 0 Å². The highest BCUT2D eigenvalue weighted by Gasteiger charge is 2.34. The number of likely N-dealkylation sites (tertiary alicyclic amines) is 1. The van der Waals surface area contributed by atoms with Gasteiger partial charge in [-0.3, -0.25) is 9.59 Å². The fourth-order valence-corrected chi connectivity index (χ4v) is 2.17. The predicted octanol–water partition coefficient (Wildman–Crippen LogP) is 0.786. The molecule has 18 heavy (non-hydrogen) atoms. The first-order valence-corrected chi connectivity index (χ1v) is 6.65. The van der Waals surface area contributed by atoms with Crippen molar-refractivity contribution in [1.82, 2.24) is 10.2 Å². The maximum Gasteiger partial charge on any atom is 0.225 e. The van der Waals surface area contributed by atoms with Crippen LogP contribution in [-0.2, 0) is 14.3 Å². The summed E-state index contributed by atoms with van der Waals surface area (Å²) in [6, 6.07) is -0.0118. The maximum absolute atomic E-state index is 11.9. The number of amides is 2. The Morgan fingerprint density at radius 3 is 2.94 bits per heavy atom. The molecule has 1 N–H and O–H groups in total. The molecule has 0 radical (unpaired) electrons. The van der Waals surface area contributed by atoms with E-state index in [1.807, 2.05) is 6.92 Å². The van der Waals surface area contributed by atoms with Gasteiger partial charge in [0.15, 0.2) is 0 Å². The van der Waals surface area contributed by atoms with Gasteiger partial charge in [0.25, 0.3) is 0 Å². The number of nitrogens with zero attached hydrogens (tertiary/aromatic N) is 1. The van der Waals surface area contributed by atoms with Gasteiger partial charge in [-0.2, -0.15) is 0 Å². The van der Waals surface area contributed by atoms with Crippen LogP contribution in [0.3, 0.4) is 0 Å². The Labute approximate surface area is 109 Å². The molecule has 0 aliphatic carbocycles. The van der Waals surface area contributed by atoms with E-state index < -0.39 is 0 Å². The lowest BCUT2D eigenvalue weighted by Crippen LogP contribution is -2.40. The van der Waals surface area contributed by atoms with E-state index in [1.165, 1.54) is 0 Å². The number of carbonyl (C=O) groups excluding carboxylic acids is 2. The molecule has 0 bridgehead atoms. The second kappa shape index (κ2) is 7.36. The monoisotopic (exact) mass is 256 g/mol. The SMILES string of the molecule is CCCCN1C[C@H](C(=O)N[C@H](C)COC)CC1=O. The Hall–Kier alpha value is -1.10. The molecule has 1 fully saturated rings. The van der Waals surface area contributed by atoms with Crippen LogP contribution in [0.4, 0.5) is 0 Å². The second-order valence-electron chi connectivity index (χ2n) is 4.96. The van der Waals surface area contributed by atoms with Gasteiger partial charge >= 0.3 is 0 Å². The molecule has 2 amide bonds. The van der Waals surface area contributed by atoms with E-state index in [1.54, 1.807) is 12.0 Å². The molecule has 104 valence electrons. The third-order valence-electron chi connectivity index (χ3n) is 3.17. The molecule has 1 aliphatic rings. The summed E-state index contributed by atoms with van der Waals surface area (Å²) in [5.74, 6) is -0.136. The van der Waals surface area contributed by atoms with Crippen LogP contribution in [0.25, 0.3) is 0 Å². The van der Waals surface area contributed by atoms with Crippen molar-refractivity contribution < 1.29 is 14.3 Å². The van der Waals surface area contributed by atoms with Gasteiger partial charge in [0, 0.05) is 32.7 Å². The van der Waals surface area contributed by atoms with Crippen molar-refractivity contribution in [2.24, 2.45) is 5.92 Å². The summed E-state index contributed by atoms with van der Waals surface area (Å²) in [6.45, 7) is 5.81. The largest absolute Gasteiger partial charge is 0.383 e. The maximum atomic E-state index is 11.9. The first-order valence-electron chi connectivity index (χ1n) is 6.65. The molecular formula is C13H24N2O3. The zero-order valence-electron chi connectivity index (χ0n) is 11.6. The van der Waals surface area contributed by atoms with Gasteiger partial charge in [0.05, 0.1) is 12.5 Å². The van der Waals surface area contributed by atoms with Crippen molar-refractivity contribution in [3.8, 4) is 0 Å². The Bertz CT molecular complexity index is 294. The summed E-state index contributed by atoms with van der Waals surface area (Å²) in [4.78, 5) is 25.5. The van der Waals surface area contributed by atoms with Gasteiger partial charge in [-0.25, -0.2) is 0 Å². The topological polar surface area (TPSA) is 58.6 Å². The smallest absolute Gasteiger partial charge is 0.225 e. The molecule has 1 saturated heterocycles.